The van der Waals surface area contributed by atoms with Crippen molar-refractivity contribution < 1.29 is 23.8 Å². The van der Waals surface area contributed by atoms with Crippen LogP contribution in [-0.2, 0) is 9.59 Å². The first kappa shape index (κ1) is 26.7. The molecule has 0 bridgehead atoms. The number of hydrogen-bond donors (Lipinski definition) is 1. The fourth-order valence-corrected chi connectivity index (χ4v) is 6.85. The molecule has 2 saturated carbocycles. The van der Waals surface area contributed by atoms with Gasteiger partial charge in [-0.2, -0.15) is 4.39 Å². The molecule has 6 rings (SSSR count). The number of rotatable bonds is 9. The lowest BCUT2D eigenvalue weighted by Crippen LogP contribution is -2.39. The van der Waals surface area contributed by atoms with E-state index in [4.69, 9.17) is 4.74 Å². The van der Waals surface area contributed by atoms with E-state index in [2.05, 4.69) is 9.97 Å². The molecule has 3 aromatic rings. The fraction of sp³-hybridized carbons (Fsp3) is 0.467. The van der Waals surface area contributed by atoms with E-state index in [0.29, 0.717) is 35.4 Å². The van der Waals surface area contributed by atoms with Crippen LogP contribution in [0.5, 0.6) is 5.75 Å². The summed E-state index contributed by atoms with van der Waals surface area (Å²) in [4.78, 5) is 38.4. The molecule has 0 spiro atoms. The lowest BCUT2D eigenvalue weighted by Gasteiger charge is -2.26. The second-order valence-corrected chi connectivity index (χ2v) is 12.0. The number of anilines is 2. The summed E-state index contributed by atoms with van der Waals surface area (Å²) in [7, 11) is 1.97. The maximum absolute atomic E-state index is 15.6. The minimum absolute atomic E-state index is 0.0694. The maximum Gasteiger partial charge on any atom is 0.304 e. The predicted molar refractivity (Wildman–Crippen MR) is 152 cm³/mol. The van der Waals surface area contributed by atoms with E-state index in [-0.39, 0.29) is 24.1 Å². The van der Waals surface area contributed by atoms with Gasteiger partial charge in [-0.3, -0.25) is 14.5 Å². The number of carboxylic acid groups (broad SMARTS) is 1. The van der Waals surface area contributed by atoms with Gasteiger partial charge < -0.3 is 14.7 Å². The molecule has 8 nitrogen and oxygen atoms in total. The molecule has 2 aliphatic carbocycles. The van der Waals surface area contributed by atoms with Gasteiger partial charge in [0.05, 0.1) is 13.0 Å². The van der Waals surface area contributed by atoms with Crippen LogP contribution in [0.1, 0.15) is 51.4 Å². The van der Waals surface area contributed by atoms with Gasteiger partial charge in [0.15, 0.2) is 16.7 Å². The van der Waals surface area contributed by atoms with Crippen LogP contribution in [0.3, 0.4) is 0 Å². The van der Waals surface area contributed by atoms with Crippen LogP contribution in [0.2, 0.25) is 0 Å². The van der Waals surface area contributed by atoms with E-state index >= 15 is 4.39 Å². The summed E-state index contributed by atoms with van der Waals surface area (Å²) in [5.41, 5.74) is 2.33. The number of thiazole rings is 1. The summed E-state index contributed by atoms with van der Waals surface area (Å²) in [6.45, 7) is 1.32. The molecule has 40 heavy (non-hydrogen) atoms. The average Bonchev–Trinajstić information content (AvgIpc) is 3.50. The second-order valence-electron chi connectivity index (χ2n) is 11.1. The highest BCUT2D eigenvalue weighted by molar-refractivity contribution is 7.14. The monoisotopic (exact) mass is 564 g/mol. The third-order valence-corrected chi connectivity index (χ3v) is 9.01. The van der Waals surface area contributed by atoms with Crippen LogP contribution in [-0.4, -0.2) is 53.2 Å². The number of carbonyl (C=O) groups is 2. The first-order valence-electron chi connectivity index (χ1n) is 14.0. The van der Waals surface area contributed by atoms with Crippen LogP contribution in [0, 0.1) is 17.0 Å². The molecule has 3 heterocycles. The Kier molecular flexibility index (Phi) is 7.44. The average molecular weight is 565 g/mol. The van der Waals surface area contributed by atoms with Gasteiger partial charge in [0.25, 0.3) is 0 Å². The summed E-state index contributed by atoms with van der Waals surface area (Å²) < 4.78 is 21.5. The largest absolute Gasteiger partial charge is 0.488 e. The third-order valence-electron chi connectivity index (χ3n) is 8.16. The molecule has 10 heteroatoms. The third kappa shape index (κ3) is 5.41. The lowest BCUT2D eigenvalue weighted by molar-refractivity contribution is -0.141. The number of halogens is 1. The molecule has 0 radical (unpaired) electrons. The first-order chi connectivity index (χ1) is 19.4. The zero-order chi connectivity index (χ0) is 27.8. The molecule has 1 amide bonds. The van der Waals surface area contributed by atoms with Crippen LogP contribution in [0.15, 0.2) is 36.5 Å². The number of carbonyl (C=O) groups excluding carboxylic acids is 1. The van der Waals surface area contributed by atoms with Gasteiger partial charge in [0.1, 0.15) is 12.3 Å². The Bertz CT molecular complexity index is 1420. The Balaban J connectivity index is 1.33. The van der Waals surface area contributed by atoms with Gasteiger partial charge in [0, 0.05) is 36.3 Å². The van der Waals surface area contributed by atoms with E-state index < -0.39 is 17.0 Å². The Morgan fingerprint density at radius 3 is 2.67 bits per heavy atom. The molecule has 0 saturated heterocycles. The van der Waals surface area contributed by atoms with Gasteiger partial charge in [-0.05, 0) is 36.8 Å². The Labute approximate surface area is 236 Å². The van der Waals surface area contributed by atoms with Crippen molar-refractivity contribution in [2.75, 3.05) is 30.0 Å². The highest BCUT2D eigenvalue weighted by atomic mass is 32.1. The number of nitrogens with zero attached hydrogens (tertiary/aromatic N) is 4. The van der Waals surface area contributed by atoms with E-state index in [1.807, 2.05) is 42.3 Å². The molecule has 1 N–H and O–H groups in total. The Hall–Kier alpha value is -3.53. The SMILES string of the molecule is CN1CCOc2cc(-c3ccccc3-c3nc(N(C(=O)[C@@H](CC(=O)O)CC4CCCC4)C4CC4)sc3F)cnc21. The molecular formula is C30H33FN4O4S. The number of hydrogen-bond acceptors (Lipinski definition) is 7. The number of carboxylic acids is 1. The molecule has 3 aliphatic rings. The minimum atomic E-state index is -0.985. The van der Waals surface area contributed by atoms with Gasteiger partial charge in [0.2, 0.25) is 11.0 Å². The van der Waals surface area contributed by atoms with Gasteiger partial charge >= 0.3 is 5.97 Å². The van der Waals surface area contributed by atoms with E-state index in [0.717, 1.165) is 73.4 Å². The predicted octanol–water partition coefficient (Wildman–Crippen LogP) is 6.01. The number of ether oxygens (including phenoxy) is 1. The molecule has 0 unspecified atom stereocenters. The summed E-state index contributed by atoms with van der Waals surface area (Å²) in [5, 5.41) is 9.40. The van der Waals surface area contributed by atoms with Crippen molar-refractivity contribution in [3.8, 4) is 28.1 Å². The van der Waals surface area contributed by atoms with Crippen LogP contribution >= 0.6 is 11.3 Å². The molecule has 1 atom stereocenters. The van der Waals surface area contributed by atoms with Gasteiger partial charge in [-0.1, -0.05) is 61.3 Å². The van der Waals surface area contributed by atoms with Crippen LogP contribution < -0.4 is 14.5 Å². The van der Waals surface area contributed by atoms with Gasteiger partial charge in [-0.25, -0.2) is 9.97 Å². The number of pyridine rings is 1. The number of likely N-dealkylation sites (N-methyl/N-ethyl adjacent to an activating group) is 1. The number of aromatic nitrogens is 2. The number of aliphatic carboxylic acids is 1. The molecule has 2 fully saturated rings. The number of fused-ring (bicyclic) bond motifs is 1. The molecule has 2 aromatic heterocycles. The summed E-state index contributed by atoms with van der Waals surface area (Å²) in [6.07, 6.45) is 7.99. The van der Waals surface area contributed by atoms with Crippen molar-refractivity contribution in [3.05, 3.63) is 41.7 Å². The molecular weight excluding hydrogens is 531 g/mol. The van der Waals surface area contributed by atoms with Crippen LogP contribution in [0.4, 0.5) is 15.3 Å². The van der Waals surface area contributed by atoms with Gasteiger partial charge in [-0.15, -0.1) is 0 Å². The summed E-state index contributed by atoms with van der Waals surface area (Å²) in [6, 6.07) is 9.29. The first-order valence-corrected chi connectivity index (χ1v) is 14.9. The topological polar surface area (TPSA) is 95.9 Å². The van der Waals surface area contributed by atoms with E-state index in [1.165, 1.54) is 0 Å². The smallest absolute Gasteiger partial charge is 0.304 e. The van der Waals surface area contributed by atoms with Crippen molar-refractivity contribution >= 4 is 34.2 Å². The second kappa shape index (κ2) is 11.2. The standard InChI is InChI=1S/C30H33FN4O4S/c1-34-12-13-39-24-15-20(17-32-28(24)34)22-8-4-5-9-23(22)26-27(31)40-30(33-26)35(21-10-11-21)29(38)19(16-25(36)37)14-18-6-2-3-7-18/h4-5,8-9,15,17-19,21H,2-3,6-7,10-14,16H2,1H3,(H,36,37)/t19-/m1/s1. The number of amides is 1. The minimum Gasteiger partial charge on any atom is -0.488 e. The number of benzene rings is 1. The normalized spacial score (nSPS) is 17.8. The maximum atomic E-state index is 15.6. The fourth-order valence-electron chi connectivity index (χ4n) is 5.97. The summed E-state index contributed by atoms with van der Waals surface area (Å²) in [5.74, 6) is -0.0618. The zero-order valence-corrected chi connectivity index (χ0v) is 23.3. The van der Waals surface area contributed by atoms with Crippen molar-refractivity contribution in [2.45, 2.75) is 57.4 Å². The Morgan fingerprint density at radius 2 is 1.95 bits per heavy atom. The molecule has 1 aliphatic heterocycles. The van der Waals surface area contributed by atoms with Crippen molar-refractivity contribution in [1.82, 2.24) is 9.97 Å². The van der Waals surface area contributed by atoms with Crippen LogP contribution in [0.25, 0.3) is 22.4 Å². The van der Waals surface area contributed by atoms with E-state index in [9.17, 15) is 14.7 Å². The van der Waals surface area contributed by atoms with E-state index in [1.54, 1.807) is 11.1 Å². The highest BCUT2D eigenvalue weighted by Gasteiger charge is 2.40. The van der Waals surface area contributed by atoms with Crippen molar-refractivity contribution in [2.24, 2.45) is 11.8 Å². The van der Waals surface area contributed by atoms with Crippen molar-refractivity contribution in [1.29, 1.82) is 0 Å². The lowest BCUT2D eigenvalue weighted by atomic mass is 9.90. The Morgan fingerprint density at radius 1 is 1.20 bits per heavy atom. The quantitative estimate of drug-likeness (QED) is 0.340. The molecule has 1 aromatic carbocycles. The molecule has 210 valence electrons. The zero-order valence-electron chi connectivity index (χ0n) is 22.5. The van der Waals surface area contributed by atoms with Crippen molar-refractivity contribution in [3.63, 3.8) is 0 Å². The highest BCUT2D eigenvalue weighted by Crippen LogP contribution is 2.43. The summed E-state index contributed by atoms with van der Waals surface area (Å²) >= 11 is 0.853.